The van der Waals surface area contributed by atoms with Crippen molar-refractivity contribution in [2.24, 2.45) is 5.90 Å². The molecule has 0 fully saturated rings. The van der Waals surface area contributed by atoms with Crippen LogP contribution in [0.5, 0.6) is 0 Å². The van der Waals surface area contributed by atoms with Crippen LogP contribution in [0.25, 0.3) is 11.0 Å². The molecule has 0 aliphatic carbocycles. The van der Waals surface area contributed by atoms with Gasteiger partial charge in [0.15, 0.2) is 5.58 Å². The van der Waals surface area contributed by atoms with Crippen molar-refractivity contribution in [2.75, 3.05) is 0 Å². The van der Waals surface area contributed by atoms with Crippen LogP contribution in [-0.4, -0.2) is 0 Å². The van der Waals surface area contributed by atoms with E-state index >= 15 is 0 Å². The second-order valence-corrected chi connectivity index (χ2v) is 3.10. The van der Waals surface area contributed by atoms with Crippen LogP contribution in [-0.2, 0) is 11.4 Å². The molecule has 0 bridgehead atoms. The molecule has 1 heterocycles. The van der Waals surface area contributed by atoms with Gasteiger partial charge in [0.05, 0.1) is 17.9 Å². The van der Waals surface area contributed by atoms with Crippen molar-refractivity contribution >= 4 is 22.6 Å². The monoisotopic (exact) mass is 197 g/mol. The predicted octanol–water partition coefficient (Wildman–Crippen LogP) is 2.48. The zero-order valence-electron chi connectivity index (χ0n) is 6.79. The summed E-state index contributed by atoms with van der Waals surface area (Å²) in [6.07, 6.45) is 1.60. The largest absolute Gasteiger partial charge is 0.462 e. The van der Waals surface area contributed by atoms with Crippen molar-refractivity contribution in [3.8, 4) is 0 Å². The molecule has 68 valence electrons. The molecule has 0 saturated carbocycles. The van der Waals surface area contributed by atoms with Crippen LogP contribution in [0.2, 0.25) is 5.02 Å². The molecule has 0 unspecified atom stereocenters. The lowest BCUT2D eigenvalue weighted by Gasteiger charge is -1.94. The molecule has 2 N–H and O–H groups in total. The summed E-state index contributed by atoms with van der Waals surface area (Å²) >= 11 is 5.90. The number of hydrogen-bond acceptors (Lipinski definition) is 3. The molecule has 3 nitrogen and oxygen atoms in total. The fourth-order valence-electron chi connectivity index (χ4n) is 1.28. The van der Waals surface area contributed by atoms with E-state index in [1.165, 1.54) is 0 Å². The number of hydrogen-bond donors (Lipinski definition) is 1. The minimum absolute atomic E-state index is 0.327. The molecular weight excluding hydrogens is 190 g/mol. The Morgan fingerprint density at radius 2 is 2.31 bits per heavy atom. The quantitative estimate of drug-likeness (QED) is 0.753. The summed E-state index contributed by atoms with van der Waals surface area (Å²) in [5.74, 6) is 4.97. The molecule has 0 aliphatic rings. The Kier molecular flexibility index (Phi) is 2.22. The van der Waals surface area contributed by atoms with E-state index in [1.807, 2.05) is 12.1 Å². The maximum atomic E-state index is 5.90. The standard InChI is InChI=1S/C9H8ClNO2/c10-8-3-1-2-7-6(5-13-11)4-12-9(7)8/h1-4H,5,11H2. The highest BCUT2D eigenvalue weighted by Crippen LogP contribution is 2.27. The summed E-state index contributed by atoms with van der Waals surface area (Å²) in [4.78, 5) is 4.53. The van der Waals surface area contributed by atoms with Gasteiger partial charge in [-0.05, 0) is 6.07 Å². The van der Waals surface area contributed by atoms with E-state index < -0.39 is 0 Å². The van der Waals surface area contributed by atoms with E-state index in [4.69, 9.17) is 21.9 Å². The van der Waals surface area contributed by atoms with Crippen molar-refractivity contribution in [3.63, 3.8) is 0 Å². The third kappa shape index (κ3) is 1.42. The van der Waals surface area contributed by atoms with E-state index in [0.717, 1.165) is 10.9 Å². The SMILES string of the molecule is NOCc1coc2c(Cl)cccc12. The van der Waals surface area contributed by atoms with Gasteiger partial charge >= 0.3 is 0 Å². The van der Waals surface area contributed by atoms with Gasteiger partial charge < -0.3 is 4.42 Å². The molecule has 2 aromatic rings. The van der Waals surface area contributed by atoms with Gasteiger partial charge in [-0.1, -0.05) is 23.7 Å². The predicted molar refractivity (Wildman–Crippen MR) is 50.2 cm³/mol. The smallest absolute Gasteiger partial charge is 0.152 e. The van der Waals surface area contributed by atoms with Crippen LogP contribution < -0.4 is 5.90 Å². The van der Waals surface area contributed by atoms with Crippen molar-refractivity contribution in [3.05, 3.63) is 35.0 Å². The average molecular weight is 198 g/mol. The molecule has 0 spiro atoms. The molecular formula is C9H8ClNO2. The molecule has 0 radical (unpaired) electrons. The molecule has 0 atom stereocenters. The zero-order valence-corrected chi connectivity index (χ0v) is 7.54. The van der Waals surface area contributed by atoms with Crippen LogP contribution >= 0.6 is 11.6 Å². The van der Waals surface area contributed by atoms with Gasteiger partial charge in [0, 0.05) is 10.9 Å². The summed E-state index contributed by atoms with van der Waals surface area (Å²) in [7, 11) is 0. The van der Waals surface area contributed by atoms with Crippen LogP contribution in [0, 0.1) is 0 Å². The summed E-state index contributed by atoms with van der Waals surface area (Å²) in [5, 5.41) is 1.54. The maximum absolute atomic E-state index is 5.90. The maximum Gasteiger partial charge on any atom is 0.152 e. The Labute approximate surface area is 80.0 Å². The second-order valence-electron chi connectivity index (χ2n) is 2.69. The van der Waals surface area contributed by atoms with Gasteiger partial charge in [0.25, 0.3) is 0 Å². The van der Waals surface area contributed by atoms with Gasteiger partial charge in [-0.25, -0.2) is 5.90 Å². The number of halogens is 1. The number of para-hydroxylation sites is 1. The van der Waals surface area contributed by atoms with Crippen LogP contribution in [0.4, 0.5) is 0 Å². The van der Waals surface area contributed by atoms with Gasteiger partial charge in [-0.3, -0.25) is 4.84 Å². The van der Waals surface area contributed by atoms with Crippen LogP contribution in [0.15, 0.2) is 28.9 Å². The van der Waals surface area contributed by atoms with Crippen molar-refractivity contribution in [1.82, 2.24) is 0 Å². The zero-order chi connectivity index (χ0) is 9.26. The fourth-order valence-corrected chi connectivity index (χ4v) is 1.50. The first-order chi connectivity index (χ1) is 6.33. The highest BCUT2D eigenvalue weighted by Gasteiger charge is 2.07. The van der Waals surface area contributed by atoms with E-state index in [2.05, 4.69) is 4.84 Å². The minimum atomic E-state index is 0.327. The summed E-state index contributed by atoms with van der Waals surface area (Å²) in [5.41, 5.74) is 1.58. The molecule has 4 heteroatoms. The lowest BCUT2D eigenvalue weighted by atomic mass is 10.2. The lowest BCUT2D eigenvalue weighted by Crippen LogP contribution is -1.97. The third-order valence-corrected chi connectivity index (χ3v) is 2.17. The number of fused-ring (bicyclic) bond motifs is 1. The van der Waals surface area contributed by atoms with E-state index in [0.29, 0.717) is 17.2 Å². The summed E-state index contributed by atoms with van der Waals surface area (Å²) < 4.78 is 5.26. The molecule has 13 heavy (non-hydrogen) atoms. The molecule has 1 aromatic heterocycles. The average Bonchev–Trinajstić information content (AvgIpc) is 2.51. The van der Waals surface area contributed by atoms with E-state index in [1.54, 1.807) is 12.3 Å². The van der Waals surface area contributed by atoms with Crippen LogP contribution in [0.1, 0.15) is 5.56 Å². The number of rotatable bonds is 2. The molecule has 0 aliphatic heterocycles. The lowest BCUT2D eigenvalue weighted by molar-refractivity contribution is 0.124. The third-order valence-electron chi connectivity index (χ3n) is 1.87. The first-order valence-electron chi connectivity index (χ1n) is 3.79. The van der Waals surface area contributed by atoms with Crippen molar-refractivity contribution < 1.29 is 9.25 Å². The van der Waals surface area contributed by atoms with Crippen LogP contribution in [0.3, 0.4) is 0 Å². The van der Waals surface area contributed by atoms with E-state index in [-0.39, 0.29) is 0 Å². The van der Waals surface area contributed by atoms with Gasteiger partial charge in [0.1, 0.15) is 0 Å². The van der Waals surface area contributed by atoms with Crippen molar-refractivity contribution in [1.29, 1.82) is 0 Å². The Balaban J connectivity index is 2.61. The highest BCUT2D eigenvalue weighted by molar-refractivity contribution is 6.34. The molecule has 0 saturated heterocycles. The molecule has 2 rings (SSSR count). The highest BCUT2D eigenvalue weighted by atomic mass is 35.5. The Hall–Kier alpha value is -1.03. The number of nitrogens with two attached hydrogens (primary N) is 1. The first kappa shape index (κ1) is 8.56. The Morgan fingerprint density at radius 1 is 1.46 bits per heavy atom. The normalized spacial score (nSPS) is 10.9. The first-order valence-corrected chi connectivity index (χ1v) is 4.17. The summed E-state index contributed by atoms with van der Waals surface area (Å²) in [6.45, 7) is 0.327. The topological polar surface area (TPSA) is 48.4 Å². The number of furan rings is 1. The Morgan fingerprint density at radius 3 is 3.08 bits per heavy atom. The minimum Gasteiger partial charge on any atom is -0.462 e. The molecule has 0 amide bonds. The number of benzene rings is 1. The van der Waals surface area contributed by atoms with Gasteiger partial charge in [-0.2, -0.15) is 0 Å². The fraction of sp³-hybridized carbons (Fsp3) is 0.111. The van der Waals surface area contributed by atoms with Gasteiger partial charge in [-0.15, -0.1) is 0 Å². The summed E-state index contributed by atoms with van der Waals surface area (Å²) in [6, 6.07) is 5.56. The Bertz CT molecular complexity index is 424. The second kappa shape index (κ2) is 3.38. The van der Waals surface area contributed by atoms with Gasteiger partial charge in [0.2, 0.25) is 0 Å². The molecule has 1 aromatic carbocycles. The van der Waals surface area contributed by atoms with Crippen molar-refractivity contribution in [2.45, 2.75) is 6.61 Å². The van der Waals surface area contributed by atoms with E-state index in [9.17, 15) is 0 Å².